The molecule has 18 heavy (non-hydrogen) atoms. The SMILES string of the molecule is Cc1cn([C@H]2C[C@H]3C[C@@H]3[C@@H]2CCO)c(=O)[nH]c1=O. The van der Waals surface area contributed by atoms with E-state index >= 15 is 0 Å². The van der Waals surface area contributed by atoms with Crippen LogP contribution in [-0.4, -0.2) is 21.3 Å². The van der Waals surface area contributed by atoms with Gasteiger partial charge in [0.1, 0.15) is 0 Å². The Labute approximate surface area is 104 Å². The van der Waals surface area contributed by atoms with Crippen LogP contribution in [0, 0.1) is 24.7 Å². The van der Waals surface area contributed by atoms with Gasteiger partial charge in [-0.15, -0.1) is 0 Å². The van der Waals surface area contributed by atoms with Gasteiger partial charge in [-0.05, 0) is 43.9 Å². The van der Waals surface area contributed by atoms with Crippen LogP contribution in [0.15, 0.2) is 15.8 Å². The Balaban J connectivity index is 1.97. The standard InChI is InChI=1S/C13H18N2O3/c1-7-6-15(13(18)14-12(7)17)11-5-8-4-10(8)9(11)2-3-16/h6,8-11,16H,2-5H2,1H3,(H,14,17,18)/t8-,9+,10+,11+/m1/s1. The maximum absolute atomic E-state index is 11.9. The summed E-state index contributed by atoms with van der Waals surface area (Å²) in [6.07, 6.45) is 4.65. The van der Waals surface area contributed by atoms with Gasteiger partial charge in [-0.2, -0.15) is 0 Å². The Hall–Kier alpha value is -1.36. The lowest BCUT2D eigenvalue weighted by atomic mass is 9.94. The van der Waals surface area contributed by atoms with Crippen LogP contribution >= 0.6 is 0 Å². The predicted molar refractivity (Wildman–Crippen MR) is 66.5 cm³/mol. The zero-order chi connectivity index (χ0) is 12.9. The summed E-state index contributed by atoms with van der Waals surface area (Å²) in [4.78, 5) is 25.6. The van der Waals surface area contributed by atoms with Gasteiger partial charge in [-0.1, -0.05) is 0 Å². The van der Waals surface area contributed by atoms with Crippen molar-refractivity contribution in [1.82, 2.24) is 9.55 Å². The molecule has 0 aromatic carbocycles. The van der Waals surface area contributed by atoms with Crippen LogP contribution in [0.1, 0.15) is 30.9 Å². The monoisotopic (exact) mass is 250 g/mol. The van der Waals surface area contributed by atoms with E-state index in [-0.39, 0.29) is 23.9 Å². The summed E-state index contributed by atoms with van der Waals surface area (Å²) in [6, 6.07) is 0.143. The molecule has 0 amide bonds. The first-order valence-electron chi connectivity index (χ1n) is 6.54. The minimum atomic E-state index is -0.320. The second-order valence-corrected chi connectivity index (χ2v) is 5.62. The number of aliphatic hydroxyl groups excluding tert-OH is 1. The Bertz CT molecular complexity index is 574. The molecule has 2 aliphatic rings. The van der Waals surface area contributed by atoms with Crippen molar-refractivity contribution in [2.45, 2.75) is 32.2 Å². The molecule has 2 aliphatic carbocycles. The van der Waals surface area contributed by atoms with Crippen molar-refractivity contribution >= 4 is 0 Å². The van der Waals surface area contributed by atoms with Crippen molar-refractivity contribution in [2.75, 3.05) is 6.61 Å². The molecule has 0 unspecified atom stereocenters. The van der Waals surface area contributed by atoms with Crippen LogP contribution in [-0.2, 0) is 0 Å². The number of hydrogen-bond donors (Lipinski definition) is 2. The van der Waals surface area contributed by atoms with Gasteiger partial charge in [0.25, 0.3) is 5.56 Å². The van der Waals surface area contributed by atoms with E-state index in [0.717, 1.165) is 12.8 Å². The number of rotatable bonds is 3. The Kier molecular flexibility index (Phi) is 2.66. The highest BCUT2D eigenvalue weighted by molar-refractivity contribution is 5.08. The molecule has 1 heterocycles. The number of aryl methyl sites for hydroxylation is 1. The number of fused-ring (bicyclic) bond motifs is 1. The van der Waals surface area contributed by atoms with Gasteiger partial charge in [-0.25, -0.2) is 4.79 Å². The molecule has 5 heteroatoms. The van der Waals surface area contributed by atoms with Crippen LogP contribution < -0.4 is 11.2 Å². The fraction of sp³-hybridized carbons (Fsp3) is 0.692. The maximum atomic E-state index is 11.9. The summed E-state index contributed by atoms with van der Waals surface area (Å²) in [5.41, 5.74) is -0.0594. The summed E-state index contributed by atoms with van der Waals surface area (Å²) < 4.78 is 1.67. The number of aromatic nitrogens is 2. The van der Waals surface area contributed by atoms with Gasteiger partial charge in [0.15, 0.2) is 0 Å². The average Bonchev–Trinajstić information content (AvgIpc) is 3.01. The summed E-state index contributed by atoms with van der Waals surface area (Å²) in [6.45, 7) is 1.88. The Morgan fingerprint density at radius 2 is 2.22 bits per heavy atom. The molecule has 3 rings (SSSR count). The molecule has 0 bridgehead atoms. The molecule has 1 aromatic heterocycles. The van der Waals surface area contributed by atoms with Gasteiger partial charge in [0, 0.05) is 24.4 Å². The topological polar surface area (TPSA) is 75.1 Å². The molecule has 5 nitrogen and oxygen atoms in total. The molecule has 0 saturated heterocycles. The number of aliphatic hydroxyl groups is 1. The number of nitrogens with zero attached hydrogens (tertiary/aromatic N) is 1. The first kappa shape index (κ1) is 11.7. The molecule has 2 saturated carbocycles. The van der Waals surface area contributed by atoms with Crippen LogP contribution in [0.4, 0.5) is 0 Å². The molecular weight excluding hydrogens is 232 g/mol. The minimum Gasteiger partial charge on any atom is -0.396 e. The second-order valence-electron chi connectivity index (χ2n) is 5.62. The van der Waals surface area contributed by atoms with Crippen molar-refractivity contribution in [3.05, 3.63) is 32.6 Å². The van der Waals surface area contributed by atoms with Crippen LogP contribution in [0.25, 0.3) is 0 Å². The summed E-state index contributed by atoms with van der Waals surface area (Å²) in [5.74, 6) is 1.76. The van der Waals surface area contributed by atoms with Gasteiger partial charge < -0.3 is 5.11 Å². The summed E-state index contributed by atoms with van der Waals surface area (Å²) in [5, 5.41) is 9.15. The molecule has 0 spiro atoms. The molecule has 2 N–H and O–H groups in total. The molecule has 1 aromatic rings. The largest absolute Gasteiger partial charge is 0.396 e. The van der Waals surface area contributed by atoms with E-state index in [1.165, 1.54) is 6.42 Å². The van der Waals surface area contributed by atoms with Crippen molar-refractivity contribution in [2.24, 2.45) is 17.8 Å². The fourth-order valence-electron chi connectivity index (χ4n) is 3.54. The second kappa shape index (κ2) is 4.09. The molecule has 98 valence electrons. The van der Waals surface area contributed by atoms with Crippen LogP contribution in [0.2, 0.25) is 0 Å². The Morgan fingerprint density at radius 3 is 2.94 bits per heavy atom. The quantitative estimate of drug-likeness (QED) is 0.816. The van der Waals surface area contributed by atoms with Gasteiger partial charge in [0.2, 0.25) is 0 Å². The third-order valence-electron chi connectivity index (χ3n) is 4.53. The minimum absolute atomic E-state index is 0.143. The number of aromatic amines is 1. The summed E-state index contributed by atoms with van der Waals surface area (Å²) in [7, 11) is 0. The first-order valence-corrected chi connectivity index (χ1v) is 6.54. The van der Waals surface area contributed by atoms with E-state index in [1.54, 1.807) is 17.7 Å². The zero-order valence-corrected chi connectivity index (χ0v) is 10.4. The van der Waals surface area contributed by atoms with E-state index in [2.05, 4.69) is 4.98 Å². The average molecular weight is 250 g/mol. The van der Waals surface area contributed by atoms with Crippen molar-refractivity contribution in [3.8, 4) is 0 Å². The number of H-pyrrole nitrogens is 1. The third-order valence-corrected chi connectivity index (χ3v) is 4.53. The number of nitrogens with one attached hydrogen (secondary N) is 1. The lowest BCUT2D eigenvalue weighted by Crippen LogP contribution is -2.35. The van der Waals surface area contributed by atoms with E-state index in [9.17, 15) is 9.59 Å². The highest BCUT2D eigenvalue weighted by atomic mass is 16.3. The van der Waals surface area contributed by atoms with E-state index in [1.807, 2.05) is 0 Å². The predicted octanol–water partition coefficient (Wildman–Crippen LogP) is 0.425. The highest BCUT2D eigenvalue weighted by Crippen LogP contribution is 2.60. The van der Waals surface area contributed by atoms with E-state index in [0.29, 0.717) is 23.3 Å². The lowest BCUT2D eigenvalue weighted by Gasteiger charge is -2.24. The van der Waals surface area contributed by atoms with Crippen molar-refractivity contribution in [1.29, 1.82) is 0 Å². The molecular formula is C13H18N2O3. The fourth-order valence-corrected chi connectivity index (χ4v) is 3.54. The lowest BCUT2D eigenvalue weighted by molar-refractivity contribution is 0.216. The zero-order valence-electron chi connectivity index (χ0n) is 10.4. The van der Waals surface area contributed by atoms with Crippen LogP contribution in [0.3, 0.4) is 0 Å². The van der Waals surface area contributed by atoms with Gasteiger partial charge >= 0.3 is 5.69 Å². The number of hydrogen-bond acceptors (Lipinski definition) is 3. The summed E-state index contributed by atoms with van der Waals surface area (Å²) >= 11 is 0. The molecule has 4 atom stereocenters. The van der Waals surface area contributed by atoms with Crippen molar-refractivity contribution < 1.29 is 5.11 Å². The highest BCUT2D eigenvalue weighted by Gasteiger charge is 2.53. The maximum Gasteiger partial charge on any atom is 0.328 e. The van der Waals surface area contributed by atoms with E-state index < -0.39 is 0 Å². The van der Waals surface area contributed by atoms with Crippen LogP contribution in [0.5, 0.6) is 0 Å². The first-order chi connectivity index (χ1) is 8.61. The third kappa shape index (κ3) is 1.73. The van der Waals surface area contributed by atoms with Gasteiger partial charge in [-0.3, -0.25) is 14.3 Å². The Morgan fingerprint density at radius 1 is 1.44 bits per heavy atom. The molecule has 2 fully saturated rings. The normalized spacial score (nSPS) is 33.4. The van der Waals surface area contributed by atoms with Gasteiger partial charge in [0.05, 0.1) is 0 Å². The van der Waals surface area contributed by atoms with Crippen molar-refractivity contribution in [3.63, 3.8) is 0 Å². The molecule has 0 aliphatic heterocycles. The smallest absolute Gasteiger partial charge is 0.328 e. The molecule has 0 radical (unpaired) electrons. The van der Waals surface area contributed by atoms with E-state index in [4.69, 9.17) is 5.11 Å².